The number of rotatable bonds is 13. The molecular formula is C32H40S2. The van der Waals surface area contributed by atoms with Gasteiger partial charge in [0.1, 0.15) is 0 Å². The van der Waals surface area contributed by atoms with Crippen LogP contribution in [0.3, 0.4) is 0 Å². The summed E-state index contributed by atoms with van der Waals surface area (Å²) in [7, 11) is 0. The van der Waals surface area contributed by atoms with Crippen molar-refractivity contribution >= 4 is 23.1 Å². The largest absolute Gasteiger partial charge is 0.147 e. The molecule has 4 rings (SSSR count). The van der Waals surface area contributed by atoms with Crippen molar-refractivity contribution in [2.45, 2.75) is 88.1 Å². The van der Waals surface area contributed by atoms with Crippen LogP contribution in [-0.4, -0.2) is 0 Å². The third-order valence-electron chi connectivity index (χ3n) is 7.05. The lowest BCUT2D eigenvalue weighted by Crippen LogP contribution is -2.19. The SMILES string of the molecule is CCCCCCc1ccc(C2(c3ccc(CCCCCC)cc3)C=CC(c3cccs3)S2)cc1. The molecule has 1 atom stereocenters. The van der Waals surface area contributed by atoms with E-state index in [-0.39, 0.29) is 4.75 Å². The molecule has 34 heavy (non-hydrogen) atoms. The van der Waals surface area contributed by atoms with Gasteiger partial charge in [0.05, 0.1) is 10.00 Å². The molecule has 0 nitrogen and oxygen atoms in total. The van der Waals surface area contributed by atoms with E-state index in [1.807, 2.05) is 11.3 Å². The maximum atomic E-state index is 2.47. The van der Waals surface area contributed by atoms with Crippen LogP contribution in [0, 0.1) is 0 Å². The lowest BCUT2D eigenvalue weighted by Gasteiger charge is -2.30. The minimum atomic E-state index is -0.115. The van der Waals surface area contributed by atoms with Crippen molar-refractivity contribution in [2.75, 3.05) is 0 Å². The zero-order valence-electron chi connectivity index (χ0n) is 21.0. The third kappa shape index (κ3) is 6.26. The van der Waals surface area contributed by atoms with E-state index in [2.05, 4.69) is 104 Å². The topological polar surface area (TPSA) is 0 Å². The van der Waals surface area contributed by atoms with Gasteiger partial charge < -0.3 is 0 Å². The number of aryl methyl sites for hydroxylation is 2. The predicted molar refractivity (Wildman–Crippen MR) is 153 cm³/mol. The van der Waals surface area contributed by atoms with Gasteiger partial charge in [0.15, 0.2) is 0 Å². The first-order chi connectivity index (χ1) is 16.7. The Morgan fingerprint density at radius 3 is 1.71 bits per heavy atom. The Bertz CT molecular complexity index is 941. The fraction of sp³-hybridized carbons (Fsp3) is 0.438. The zero-order chi connectivity index (χ0) is 23.6. The summed E-state index contributed by atoms with van der Waals surface area (Å²) in [4.78, 5) is 1.45. The summed E-state index contributed by atoms with van der Waals surface area (Å²) in [5.41, 5.74) is 5.75. The summed E-state index contributed by atoms with van der Waals surface area (Å²) >= 11 is 3.95. The van der Waals surface area contributed by atoms with Crippen molar-refractivity contribution in [1.82, 2.24) is 0 Å². The molecule has 1 aromatic heterocycles. The molecular weight excluding hydrogens is 448 g/mol. The number of hydrogen-bond acceptors (Lipinski definition) is 2. The normalized spacial score (nSPS) is 16.8. The summed E-state index contributed by atoms with van der Waals surface area (Å²) in [5, 5.41) is 2.62. The van der Waals surface area contributed by atoms with Crippen LogP contribution in [0.4, 0.5) is 0 Å². The zero-order valence-corrected chi connectivity index (χ0v) is 22.6. The fourth-order valence-electron chi connectivity index (χ4n) is 4.95. The molecule has 0 spiro atoms. The smallest absolute Gasteiger partial charge is 0.0847 e. The van der Waals surface area contributed by atoms with Gasteiger partial charge in [0.25, 0.3) is 0 Å². The maximum Gasteiger partial charge on any atom is 0.0847 e. The van der Waals surface area contributed by atoms with Crippen molar-refractivity contribution < 1.29 is 0 Å². The first-order valence-corrected chi connectivity index (χ1v) is 15.1. The van der Waals surface area contributed by atoms with Crippen LogP contribution >= 0.6 is 23.1 Å². The van der Waals surface area contributed by atoms with E-state index in [0.717, 1.165) is 0 Å². The summed E-state index contributed by atoms with van der Waals surface area (Å²) in [5.74, 6) is 0. The van der Waals surface area contributed by atoms with E-state index in [4.69, 9.17) is 0 Å². The lowest BCUT2D eigenvalue weighted by atomic mass is 9.88. The number of thiophene rings is 1. The molecule has 180 valence electrons. The molecule has 3 aromatic rings. The van der Waals surface area contributed by atoms with Crippen LogP contribution in [-0.2, 0) is 17.6 Å². The van der Waals surface area contributed by atoms with Crippen LogP contribution in [0.25, 0.3) is 0 Å². The highest BCUT2D eigenvalue weighted by atomic mass is 32.2. The van der Waals surface area contributed by atoms with Gasteiger partial charge in [-0.3, -0.25) is 0 Å². The molecule has 0 saturated heterocycles. The van der Waals surface area contributed by atoms with E-state index in [0.29, 0.717) is 5.25 Å². The fourth-order valence-corrected chi connectivity index (χ4v) is 7.40. The number of unbranched alkanes of at least 4 members (excludes halogenated alkanes) is 6. The van der Waals surface area contributed by atoms with Crippen molar-refractivity contribution in [2.24, 2.45) is 0 Å². The van der Waals surface area contributed by atoms with Gasteiger partial charge in [-0.2, -0.15) is 0 Å². The van der Waals surface area contributed by atoms with Crippen molar-refractivity contribution in [3.05, 3.63) is 105 Å². The maximum absolute atomic E-state index is 2.47. The van der Waals surface area contributed by atoms with Crippen LogP contribution < -0.4 is 0 Å². The van der Waals surface area contributed by atoms with E-state index in [9.17, 15) is 0 Å². The molecule has 0 aliphatic carbocycles. The minimum Gasteiger partial charge on any atom is -0.147 e. The lowest BCUT2D eigenvalue weighted by molar-refractivity contribution is 0.666. The Hall–Kier alpha value is -1.77. The summed E-state index contributed by atoms with van der Waals surface area (Å²) < 4.78 is -0.115. The molecule has 0 bridgehead atoms. The third-order valence-corrected chi connectivity index (χ3v) is 9.79. The average molecular weight is 489 g/mol. The summed E-state index contributed by atoms with van der Waals surface area (Å²) in [6.45, 7) is 4.56. The highest BCUT2D eigenvalue weighted by Gasteiger charge is 2.39. The molecule has 0 radical (unpaired) electrons. The Morgan fingerprint density at radius 1 is 0.676 bits per heavy atom. The van der Waals surface area contributed by atoms with Gasteiger partial charge in [0, 0.05) is 4.88 Å². The van der Waals surface area contributed by atoms with Crippen LogP contribution in [0.1, 0.15) is 97.6 Å². The summed E-state index contributed by atoms with van der Waals surface area (Å²) in [6.07, 6.45) is 17.9. The first kappa shape index (κ1) is 25.3. The van der Waals surface area contributed by atoms with E-state index in [1.165, 1.54) is 91.3 Å². The van der Waals surface area contributed by atoms with Crippen molar-refractivity contribution in [1.29, 1.82) is 0 Å². The number of thioether (sulfide) groups is 1. The summed E-state index contributed by atoms with van der Waals surface area (Å²) in [6, 6.07) is 23.5. The Kier molecular flexibility index (Phi) is 9.53. The monoisotopic (exact) mass is 488 g/mol. The van der Waals surface area contributed by atoms with Gasteiger partial charge in [0.2, 0.25) is 0 Å². The minimum absolute atomic E-state index is 0.115. The van der Waals surface area contributed by atoms with Gasteiger partial charge in [-0.15, -0.1) is 23.1 Å². The first-order valence-electron chi connectivity index (χ1n) is 13.3. The molecule has 2 aromatic carbocycles. The van der Waals surface area contributed by atoms with Gasteiger partial charge in [-0.25, -0.2) is 0 Å². The van der Waals surface area contributed by atoms with Gasteiger partial charge in [-0.05, 0) is 59.4 Å². The predicted octanol–water partition coefficient (Wildman–Crippen LogP) is 10.3. The molecule has 0 N–H and O–H groups in total. The van der Waals surface area contributed by atoms with Gasteiger partial charge in [-0.1, -0.05) is 119 Å². The van der Waals surface area contributed by atoms with Crippen molar-refractivity contribution in [3.63, 3.8) is 0 Å². The standard InChI is InChI=1S/C32H40S2/c1-3-5-7-9-12-26-15-19-28(20-16-26)32(24-23-31(34-32)30-14-11-25-33-30)29-21-17-27(18-22-29)13-10-8-6-4-2/h11,14-25,31H,3-10,12-13H2,1-2H3. The second kappa shape index (κ2) is 12.8. The Labute approximate surface area is 215 Å². The van der Waals surface area contributed by atoms with E-state index < -0.39 is 0 Å². The second-order valence-electron chi connectivity index (χ2n) is 9.66. The molecule has 0 fully saturated rings. The second-order valence-corrected chi connectivity index (χ2v) is 12.0. The Balaban J connectivity index is 1.54. The van der Waals surface area contributed by atoms with Crippen LogP contribution in [0.15, 0.2) is 78.2 Å². The average Bonchev–Trinajstić information content (AvgIpc) is 3.57. The van der Waals surface area contributed by atoms with Crippen LogP contribution in [0.5, 0.6) is 0 Å². The molecule has 2 heteroatoms. The van der Waals surface area contributed by atoms with Gasteiger partial charge >= 0.3 is 0 Å². The molecule has 1 aliphatic heterocycles. The molecule has 1 aliphatic rings. The van der Waals surface area contributed by atoms with Crippen LogP contribution in [0.2, 0.25) is 0 Å². The molecule has 0 amide bonds. The quantitative estimate of drug-likeness (QED) is 0.170. The molecule has 0 saturated carbocycles. The number of hydrogen-bond donors (Lipinski definition) is 0. The number of benzene rings is 2. The highest BCUT2D eigenvalue weighted by Crippen LogP contribution is 2.56. The Morgan fingerprint density at radius 2 is 1.24 bits per heavy atom. The van der Waals surface area contributed by atoms with E-state index in [1.54, 1.807) is 0 Å². The molecule has 1 unspecified atom stereocenters. The van der Waals surface area contributed by atoms with Crippen molar-refractivity contribution in [3.8, 4) is 0 Å². The highest BCUT2D eigenvalue weighted by molar-refractivity contribution is 8.01. The van der Waals surface area contributed by atoms with E-state index >= 15 is 0 Å². The molecule has 2 heterocycles.